The molecule has 0 spiro atoms. The van der Waals surface area contributed by atoms with Gasteiger partial charge < -0.3 is 14.8 Å². The van der Waals surface area contributed by atoms with Crippen molar-refractivity contribution in [1.29, 1.82) is 0 Å². The van der Waals surface area contributed by atoms with Crippen molar-refractivity contribution in [3.05, 3.63) is 35.9 Å². The van der Waals surface area contributed by atoms with Gasteiger partial charge in [-0.1, -0.05) is 26.0 Å². The van der Waals surface area contributed by atoms with Crippen LogP contribution in [-0.4, -0.2) is 56.8 Å². The summed E-state index contributed by atoms with van der Waals surface area (Å²) in [7, 11) is 1.63. The fraction of sp³-hybridized carbons (Fsp3) is 0.526. The van der Waals surface area contributed by atoms with Crippen molar-refractivity contribution in [3.63, 3.8) is 0 Å². The predicted octanol–water partition coefficient (Wildman–Crippen LogP) is 2.18. The summed E-state index contributed by atoms with van der Waals surface area (Å²) >= 11 is 0. The van der Waals surface area contributed by atoms with Crippen LogP contribution in [0.5, 0.6) is 5.75 Å². The van der Waals surface area contributed by atoms with Gasteiger partial charge in [0.2, 0.25) is 5.91 Å². The Kier molecular flexibility index (Phi) is 7.28. The molecule has 1 aliphatic rings. The standard InChI is InChI=1S/C19H28N2O3/c1-15(2)13-21-9-10-24-18(14-21)12-20-19(22)8-7-16-5-4-6-17(11-16)23-3/h4-8,11,15,18H,9-10,12-14H2,1-3H3,(H,20,22)/b8-7+. The fourth-order valence-electron chi connectivity index (χ4n) is 2.78. The van der Waals surface area contributed by atoms with Gasteiger partial charge >= 0.3 is 0 Å². The van der Waals surface area contributed by atoms with Gasteiger partial charge in [-0.3, -0.25) is 9.69 Å². The summed E-state index contributed by atoms with van der Waals surface area (Å²) in [5.41, 5.74) is 0.932. The Labute approximate surface area is 144 Å². The number of amides is 1. The maximum absolute atomic E-state index is 12.0. The number of carbonyl (C=O) groups is 1. The Bertz CT molecular complexity index is 557. The van der Waals surface area contributed by atoms with Gasteiger partial charge in [0.25, 0.3) is 0 Å². The number of hydrogen-bond donors (Lipinski definition) is 1. The van der Waals surface area contributed by atoms with Gasteiger partial charge in [0.15, 0.2) is 0 Å². The molecule has 0 aromatic heterocycles. The van der Waals surface area contributed by atoms with Gasteiger partial charge in [-0.25, -0.2) is 0 Å². The lowest BCUT2D eigenvalue weighted by atomic mass is 10.2. The molecular formula is C19H28N2O3. The highest BCUT2D eigenvalue weighted by Crippen LogP contribution is 2.13. The van der Waals surface area contributed by atoms with Gasteiger partial charge in [-0.15, -0.1) is 0 Å². The van der Waals surface area contributed by atoms with Crippen LogP contribution in [0.15, 0.2) is 30.3 Å². The Hall–Kier alpha value is -1.85. The van der Waals surface area contributed by atoms with Crippen LogP contribution in [0.4, 0.5) is 0 Å². The molecule has 0 radical (unpaired) electrons. The van der Waals surface area contributed by atoms with Gasteiger partial charge in [-0.2, -0.15) is 0 Å². The van der Waals surface area contributed by atoms with Crippen molar-refractivity contribution in [3.8, 4) is 5.75 Å². The Balaban J connectivity index is 1.77. The molecule has 5 nitrogen and oxygen atoms in total. The summed E-state index contributed by atoms with van der Waals surface area (Å²) in [4.78, 5) is 14.4. The molecule has 1 saturated heterocycles. The first-order valence-electron chi connectivity index (χ1n) is 8.50. The van der Waals surface area contributed by atoms with Crippen LogP contribution in [0.2, 0.25) is 0 Å². The van der Waals surface area contributed by atoms with Gasteiger partial charge in [0, 0.05) is 32.3 Å². The van der Waals surface area contributed by atoms with Crippen molar-refractivity contribution < 1.29 is 14.3 Å². The van der Waals surface area contributed by atoms with E-state index in [0.29, 0.717) is 12.5 Å². The number of morpholine rings is 1. The summed E-state index contributed by atoms with van der Waals surface area (Å²) in [5, 5.41) is 2.92. The zero-order valence-electron chi connectivity index (χ0n) is 14.8. The largest absolute Gasteiger partial charge is 0.497 e. The van der Waals surface area contributed by atoms with E-state index in [0.717, 1.165) is 37.6 Å². The van der Waals surface area contributed by atoms with Crippen molar-refractivity contribution >= 4 is 12.0 Å². The average Bonchev–Trinajstić information content (AvgIpc) is 2.58. The molecule has 1 fully saturated rings. The molecule has 1 unspecified atom stereocenters. The first-order valence-corrected chi connectivity index (χ1v) is 8.50. The normalized spacial score (nSPS) is 18.9. The SMILES string of the molecule is COc1cccc(/C=C/C(=O)NCC2CN(CC(C)C)CCO2)c1. The van der Waals surface area contributed by atoms with Crippen molar-refractivity contribution in [2.24, 2.45) is 5.92 Å². The molecule has 0 bridgehead atoms. The number of hydrogen-bond acceptors (Lipinski definition) is 4. The van der Waals surface area contributed by atoms with Crippen LogP contribution < -0.4 is 10.1 Å². The third-order valence-corrected chi connectivity index (χ3v) is 3.87. The van der Waals surface area contributed by atoms with Crippen molar-refractivity contribution in [2.75, 3.05) is 39.9 Å². The van der Waals surface area contributed by atoms with Gasteiger partial charge in [-0.05, 0) is 29.7 Å². The molecule has 0 saturated carbocycles. The van der Waals surface area contributed by atoms with Crippen LogP contribution in [0.25, 0.3) is 6.08 Å². The summed E-state index contributed by atoms with van der Waals surface area (Å²) in [6.45, 7) is 8.62. The number of benzene rings is 1. The molecule has 1 amide bonds. The van der Waals surface area contributed by atoms with Gasteiger partial charge in [0.05, 0.1) is 19.8 Å². The zero-order chi connectivity index (χ0) is 17.4. The molecule has 24 heavy (non-hydrogen) atoms. The number of nitrogens with zero attached hydrogens (tertiary/aromatic N) is 1. The summed E-state index contributed by atoms with van der Waals surface area (Å²) in [5.74, 6) is 1.31. The average molecular weight is 332 g/mol. The van der Waals surface area contributed by atoms with E-state index >= 15 is 0 Å². The van der Waals surface area contributed by atoms with E-state index in [2.05, 4.69) is 24.1 Å². The van der Waals surface area contributed by atoms with E-state index in [1.54, 1.807) is 19.3 Å². The molecule has 132 valence electrons. The maximum atomic E-state index is 12.0. The van der Waals surface area contributed by atoms with E-state index in [-0.39, 0.29) is 12.0 Å². The molecule has 0 aliphatic carbocycles. The van der Waals surface area contributed by atoms with Crippen molar-refractivity contribution in [2.45, 2.75) is 20.0 Å². The van der Waals surface area contributed by atoms with E-state index in [1.165, 1.54) is 0 Å². The number of methoxy groups -OCH3 is 1. The van der Waals surface area contributed by atoms with E-state index < -0.39 is 0 Å². The molecule has 5 heteroatoms. The lowest BCUT2D eigenvalue weighted by Gasteiger charge is -2.33. The van der Waals surface area contributed by atoms with Crippen LogP contribution in [-0.2, 0) is 9.53 Å². The number of nitrogens with one attached hydrogen (secondary N) is 1. The van der Waals surface area contributed by atoms with E-state index in [4.69, 9.17) is 9.47 Å². The quantitative estimate of drug-likeness (QED) is 0.778. The van der Waals surface area contributed by atoms with Crippen LogP contribution in [0.3, 0.4) is 0 Å². The molecule has 1 aromatic rings. The van der Waals surface area contributed by atoms with Crippen LogP contribution in [0, 0.1) is 5.92 Å². The Morgan fingerprint density at radius 1 is 1.50 bits per heavy atom. The molecule has 1 N–H and O–H groups in total. The lowest BCUT2D eigenvalue weighted by molar-refractivity contribution is -0.117. The molecule has 1 aromatic carbocycles. The first kappa shape index (κ1) is 18.5. The minimum atomic E-state index is -0.109. The summed E-state index contributed by atoms with van der Waals surface area (Å²) < 4.78 is 10.9. The minimum Gasteiger partial charge on any atom is -0.497 e. The minimum absolute atomic E-state index is 0.0617. The molecule has 1 atom stereocenters. The third-order valence-electron chi connectivity index (χ3n) is 3.87. The highest BCUT2D eigenvalue weighted by atomic mass is 16.5. The molecule has 1 aliphatic heterocycles. The first-order chi connectivity index (χ1) is 11.6. The lowest BCUT2D eigenvalue weighted by Crippen LogP contribution is -2.48. The third kappa shape index (κ3) is 6.34. The second-order valence-electron chi connectivity index (χ2n) is 6.50. The molecule has 2 rings (SSSR count). The molecular weight excluding hydrogens is 304 g/mol. The fourth-order valence-corrected chi connectivity index (χ4v) is 2.78. The Morgan fingerprint density at radius 2 is 2.33 bits per heavy atom. The zero-order valence-corrected chi connectivity index (χ0v) is 14.8. The van der Waals surface area contributed by atoms with E-state index in [1.807, 2.05) is 24.3 Å². The number of rotatable bonds is 7. The number of ether oxygens (including phenoxy) is 2. The summed E-state index contributed by atoms with van der Waals surface area (Å²) in [6, 6.07) is 7.59. The van der Waals surface area contributed by atoms with Crippen LogP contribution in [0.1, 0.15) is 19.4 Å². The molecule has 1 heterocycles. The van der Waals surface area contributed by atoms with Crippen LogP contribution >= 0.6 is 0 Å². The van der Waals surface area contributed by atoms with Crippen molar-refractivity contribution in [1.82, 2.24) is 10.2 Å². The highest BCUT2D eigenvalue weighted by molar-refractivity contribution is 5.91. The monoisotopic (exact) mass is 332 g/mol. The highest BCUT2D eigenvalue weighted by Gasteiger charge is 2.20. The predicted molar refractivity (Wildman–Crippen MR) is 96.1 cm³/mol. The van der Waals surface area contributed by atoms with Gasteiger partial charge in [0.1, 0.15) is 5.75 Å². The second-order valence-corrected chi connectivity index (χ2v) is 6.50. The second kappa shape index (κ2) is 9.45. The number of carbonyl (C=O) groups excluding carboxylic acids is 1. The smallest absolute Gasteiger partial charge is 0.244 e. The topological polar surface area (TPSA) is 50.8 Å². The van der Waals surface area contributed by atoms with E-state index in [9.17, 15) is 4.79 Å². The summed E-state index contributed by atoms with van der Waals surface area (Å²) in [6.07, 6.45) is 3.39. The maximum Gasteiger partial charge on any atom is 0.244 e. The Morgan fingerprint density at radius 3 is 3.08 bits per heavy atom.